The van der Waals surface area contributed by atoms with Gasteiger partial charge in [-0.2, -0.15) is 0 Å². The van der Waals surface area contributed by atoms with Gasteiger partial charge in [0.05, 0.1) is 0 Å². The largest absolute Gasteiger partial charge is 0.356 e. The third kappa shape index (κ3) is 9.76. The van der Waals surface area contributed by atoms with E-state index in [1.807, 2.05) is 37.4 Å². The van der Waals surface area contributed by atoms with Crippen LogP contribution in [0, 0.1) is 0 Å². The number of carbonyl (C=O) groups is 2. The van der Waals surface area contributed by atoms with E-state index in [0.717, 1.165) is 18.5 Å². The molecule has 0 aliphatic carbocycles. The van der Waals surface area contributed by atoms with Crippen molar-refractivity contribution >= 4 is 24.3 Å². The van der Waals surface area contributed by atoms with E-state index in [4.69, 9.17) is 0 Å². The van der Waals surface area contributed by atoms with Crippen molar-refractivity contribution in [2.45, 2.75) is 19.4 Å². The van der Waals surface area contributed by atoms with Gasteiger partial charge in [0.25, 0.3) is 0 Å². The zero-order valence-electron chi connectivity index (χ0n) is 13.8. The van der Waals surface area contributed by atoms with Gasteiger partial charge >= 0.3 is 6.03 Å². The van der Waals surface area contributed by atoms with Crippen LogP contribution in [-0.4, -0.2) is 50.6 Å². The zero-order valence-corrected chi connectivity index (χ0v) is 14.6. The number of rotatable bonds is 9. The van der Waals surface area contributed by atoms with Gasteiger partial charge in [-0.1, -0.05) is 30.3 Å². The first-order valence-corrected chi connectivity index (χ1v) is 7.57. The first-order chi connectivity index (χ1) is 10.6. The number of amides is 3. The Morgan fingerprint density at radius 1 is 1.04 bits per heavy atom. The summed E-state index contributed by atoms with van der Waals surface area (Å²) in [6.45, 7) is 2.42. The zero-order chi connectivity index (χ0) is 16.2. The summed E-state index contributed by atoms with van der Waals surface area (Å²) in [7, 11) is 3.61. The number of benzene rings is 1. The van der Waals surface area contributed by atoms with E-state index in [1.54, 1.807) is 11.9 Å². The number of nitrogens with zero attached hydrogens (tertiary/aromatic N) is 1. The Labute approximate surface area is 144 Å². The van der Waals surface area contributed by atoms with Crippen molar-refractivity contribution in [1.29, 1.82) is 0 Å². The van der Waals surface area contributed by atoms with Crippen LogP contribution in [0.25, 0.3) is 0 Å². The topological polar surface area (TPSA) is 73.5 Å². The third-order valence-corrected chi connectivity index (χ3v) is 3.16. The fraction of sp³-hybridized carbons (Fsp3) is 0.500. The van der Waals surface area contributed by atoms with Crippen LogP contribution < -0.4 is 16.0 Å². The lowest BCUT2D eigenvalue weighted by atomic mass is 10.2. The monoisotopic (exact) mass is 342 g/mol. The normalized spacial score (nSPS) is 9.65. The maximum Gasteiger partial charge on any atom is 0.317 e. The van der Waals surface area contributed by atoms with Crippen molar-refractivity contribution in [3.8, 4) is 0 Å². The Balaban J connectivity index is 0.00000484. The molecular weight excluding hydrogens is 316 g/mol. The summed E-state index contributed by atoms with van der Waals surface area (Å²) in [5.74, 6) is -0.0397. The highest BCUT2D eigenvalue weighted by Crippen LogP contribution is 2.02. The Kier molecular flexibility index (Phi) is 11.7. The summed E-state index contributed by atoms with van der Waals surface area (Å²) >= 11 is 0. The van der Waals surface area contributed by atoms with Gasteiger partial charge in [0.2, 0.25) is 5.91 Å². The van der Waals surface area contributed by atoms with Crippen molar-refractivity contribution in [1.82, 2.24) is 20.9 Å². The van der Waals surface area contributed by atoms with E-state index in [0.29, 0.717) is 26.1 Å². The molecular formula is C16H27ClN4O2. The molecule has 3 amide bonds. The van der Waals surface area contributed by atoms with E-state index >= 15 is 0 Å². The van der Waals surface area contributed by atoms with Crippen molar-refractivity contribution < 1.29 is 9.59 Å². The van der Waals surface area contributed by atoms with E-state index in [9.17, 15) is 9.59 Å². The molecule has 0 bridgehead atoms. The van der Waals surface area contributed by atoms with Crippen molar-refractivity contribution in [2.24, 2.45) is 0 Å². The van der Waals surface area contributed by atoms with E-state index < -0.39 is 0 Å². The quantitative estimate of drug-likeness (QED) is 0.593. The van der Waals surface area contributed by atoms with E-state index in [2.05, 4.69) is 16.0 Å². The lowest BCUT2D eigenvalue weighted by molar-refractivity contribution is -0.120. The third-order valence-electron chi connectivity index (χ3n) is 3.16. The minimum absolute atomic E-state index is 0. The number of nitrogens with one attached hydrogen (secondary N) is 3. The minimum Gasteiger partial charge on any atom is -0.356 e. The van der Waals surface area contributed by atoms with Crippen LogP contribution in [0.2, 0.25) is 0 Å². The SMILES string of the molecule is CNCCCNC(=O)CCNC(=O)N(C)Cc1ccccc1.Cl. The highest BCUT2D eigenvalue weighted by Gasteiger charge is 2.09. The van der Waals surface area contributed by atoms with Gasteiger partial charge in [-0.3, -0.25) is 4.79 Å². The van der Waals surface area contributed by atoms with Crippen LogP contribution in [0.15, 0.2) is 30.3 Å². The molecule has 130 valence electrons. The van der Waals surface area contributed by atoms with Crippen LogP contribution in [-0.2, 0) is 11.3 Å². The summed E-state index contributed by atoms with van der Waals surface area (Å²) in [5.41, 5.74) is 1.07. The summed E-state index contributed by atoms with van der Waals surface area (Å²) in [6, 6.07) is 9.61. The van der Waals surface area contributed by atoms with Crippen molar-refractivity contribution in [2.75, 3.05) is 33.7 Å². The van der Waals surface area contributed by atoms with Crippen LogP contribution >= 0.6 is 12.4 Å². The molecule has 7 heteroatoms. The molecule has 23 heavy (non-hydrogen) atoms. The lowest BCUT2D eigenvalue weighted by Gasteiger charge is -2.18. The predicted octanol–water partition coefficient (Wildman–Crippen LogP) is 1.37. The number of halogens is 1. The van der Waals surface area contributed by atoms with Gasteiger partial charge in [-0.25, -0.2) is 4.79 Å². The molecule has 0 aliphatic heterocycles. The lowest BCUT2D eigenvalue weighted by Crippen LogP contribution is -2.39. The molecule has 0 aliphatic rings. The molecule has 0 spiro atoms. The fourth-order valence-electron chi connectivity index (χ4n) is 1.93. The van der Waals surface area contributed by atoms with Gasteiger partial charge in [-0.05, 0) is 25.6 Å². The second kappa shape index (κ2) is 12.7. The smallest absolute Gasteiger partial charge is 0.317 e. The van der Waals surface area contributed by atoms with E-state index in [-0.39, 0.29) is 24.3 Å². The molecule has 0 atom stereocenters. The molecule has 3 N–H and O–H groups in total. The average molecular weight is 343 g/mol. The molecule has 1 rings (SSSR count). The van der Waals surface area contributed by atoms with Crippen LogP contribution in [0.5, 0.6) is 0 Å². The number of urea groups is 1. The standard InChI is InChI=1S/C16H26N4O2.ClH/c1-17-10-6-11-18-15(21)9-12-19-16(22)20(2)13-14-7-4-3-5-8-14;/h3-5,7-8,17H,6,9-13H2,1-2H3,(H,18,21)(H,19,22);1H. The van der Waals surface area contributed by atoms with Gasteiger partial charge < -0.3 is 20.9 Å². The number of carbonyl (C=O) groups excluding carboxylic acids is 2. The van der Waals surface area contributed by atoms with Gasteiger partial charge in [0, 0.05) is 33.1 Å². The minimum atomic E-state index is -0.174. The molecule has 0 radical (unpaired) electrons. The van der Waals surface area contributed by atoms with Crippen LogP contribution in [0.3, 0.4) is 0 Å². The Hall–Kier alpha value is -1.79. The maximum atomic E-state index is 11.9. The molecule has 0 unspecified atom stereocenters. The highest BCUT2D eigenvalue weighted by atomic mass is 35.5. The number of hydrogen-bond acceptors (Lipinski definition) is 3. The summed E-state index contributed by atoms with van der Waals surface area (Å²) in [5, 5.41) is 8.58. The molecule has 0 heterocycles. The molecule has 1 aromatic rings. The molecule has 0 aromatic heterocycles. The highest BCUT2D eigenvalue weighted by molar-refractivity contribution is 5.85. The van der Waals surface area contributed by atoms with Gasteiger partial charge in [0.1, 0.15) is 0 Å². The first kappa shape index (κ1) is 21.2. The average Bonchev–Trinajstić information content (AvgIpc) is 2.52. The van der Waals surface area contributed by atoms with Crippen molar-refractivity contribution in [3.63, 3.8) is 0 Å². The summed E-state index contributed by atoms with van der Waals surface area (Å²) in [6.07, 6.45) is 1.19. The summed E-state index contributed by atoms with van der Waals surface area (Å²) < 4.78 is 0. The molecule has 0 saturated carbocycles. The molecule has 1 aromatic carbocycles. The Bertz CT molecular complexity index is 457. The Morgan fingerprint density at radius 3 is 2.39 bits per heavy atom. The maximum absolute atomic E-state index is 11.9. The van der Waals surface area contributed by atoms with Gasteiger partial charge in [0.15, 0.2) is 0 Å². The van der Waals surface area contributed by atoms with Crippen LogP contribution in [0.4, 0.5) is 4.79 Å². The summed E-state index contributed by atoms with van der Waals surface area (Å²) in [4.78, 5) is 25.1. The second-order valence-electron chi connectivity index (χ2n) is 5.13. The van der Waals surface area contributed by atoms with E-state index in [1.165, 1.54) is 0 Å². The Morgan fingerprint density at radius 2 is 1.74 bits per heavy atom. The van der Waals surface area contributed by atoms with Gasteiger partial charge in [-0.15, -0.1) is 12.4 Å². The first-order valence-electron chi connectivity index (χ1n) is 7.57. The number of hydrogen-bond donors (Lipinski definition) is 3. The molecule has 0 fully saturated rings. The molecule has 0 saturated heterocycles. The fourth-order valence-corrected chi connectivity index (χ4v) is 1.93. The molecule has 6 nitrogen and oxygen atoms in total. The van der Waals surface area contributed by atoms with Crippen molar-refractivity contribution in [3.05, 3.63) is 35.9 Å². The predicted molar refractivity (Wildman–Crippen MR) is 94.7 cm³/mol. The van der Waals surface area contributed by atoms with Crippen LogP contribution in [0.1, 0.15) is 18.4 Å². The second-order valence-corrected chi connectivity index (χ2v) is 5.13.